The Morgan fingerprint density at radius 1 is 1.36 bits per heavy atom. The number of carbonyl (C=O) groups is 2. The zero-order chi connectivity index (χ0) is 15.9. The maximum atomic E-state index is 12.6. The minimum absolute atomic E-state index is 0.0303. The average molecular weight is 305 g/mol. The molecule has 120 valence electrons. The second-order valence-corrected chi connectivity index (χ2v) is 5.64. The van der Waals surface area contributed by atoms with Crippen LogP contribution in [0, 0.1) is 5.92 Å². The third-order valence-electron chi connectivity index (χ3n) is 4.01. The monoisotopic (exact) mass is 305 g/mol. The lowest BCUT2D eigenvalue weighted by molar-refractivity contribution is -0.153. The highest BCUT2D eigenvalue weighted by Crippen LogP contribution is 2.20. The molecular weight excluding hydrogens is 282 g/mol. The lowest BCUT2D eigenvalue weighted by Gasteiger charge is -2.28. The highest BCUT2D eigenvalue weighted by Gasteiger charge is 2.29. The first kappa shape index (κ1) is 16.5. The molecule has 0 saturated carbocycles. The summed E-state index contributed by atoms with van der Waals surface area (Å²) in [6.45, 7) is 3.45. The number of esters is 1. The van der Waals surface area contributed by atoms with Crippen molar-refractivity contribution in [3.8, 4) is 0 Å². The van der Waals surface area contributed by atoms with Crippen LogP contribution in [0.2, 0.25) is 0 Å². The van der Waals surface area contributed by atoms with E-state index in [4.69, 9.17) is 9.47 Å². The maximum absolute atomic E-state index is 12.6. The number of carbonyl (C=O) groups excluding carboxylic acids is 2. The van der Waals surface area contributed by atoms with Crippen molar-refractivity contribution in [2.75, 3.05) is 20.3 Å². The van der Waals surface area contributed by atoms with Crippen molar-refractivity contribution in [2.45, 2.75) is 32.4 Å². The largest absolute Gasteiger partial charge is 0.467 e. The topological polar surface area (TPSA) is 55.8 Å². The van der Waals surface area contributed by atoms with Gasteiger partial charge in [-0.15, -0.1) is 0 Å². The summed E-state index contributed by atoms with van der Waals surface area (Å²) in [6.07, 6.45) is 1.31. The average Bonchev–Trinajstić information content (AvgIpc) is 3.05. The second-order valence-electron chi connectivity index (χ2n) is 5.64. The number of nitrogens with zero attached hydrogens (tertiary/aromatic N) is 1. The van der Waals surface area contributed by atoms with E-state index in [1.807, 2.05) is 30.3 Å². The summed E-state index contributed by atoms with van der Waals surface area (Å²) >= 11 is 0. The molecule has 1 aliphatic heterocycles. The van der Waals surface area contributed by atoms with Gasteiger partial charge in [0.2, 0.25) is 5.91 Å². The number of ether oxygens (including phenoxy) is 2. The summed E-state index contributed by atoms with van der Waals surface area (Å²) in [5, 5.41) is 0. The highest BCUT2D eigenvalue weighted by atomic mass is 16.5. The first-order valence-corrected chi connectivity index (χ1v) is 7.60. The fourth-order valence-electron chi connectivity index (χ4n) is 2.63. The van der Waals surface area contributed by atoms with E-state index >= 15 is 0 Å². The molecule has 2 atom stereocenters. The summed E-state index contributed by atoms with van der Waals surface area (Å²) in [4.78, 5) is 26.1. The van der Waals surface area contributed by atoms with E-state index in [1.165, 1.54) is 7.11 Å². The zero-order valence-electron chi connectivity index (χ0n) is 13.2. The molecule has 1 aromatic carbocycles. The number of methoxy groups -OCH3 is 1. The number of rotatable bonds is 6. The Morgan fingerprint density at radius 3 is 2.68 bits per heavy atom. The van der Waals surface area contributed by atoms with E-state index < -0.39 is 12.0 Å². The van der Waals surface area contributed by atoms with Crippen molar-refractivity contribution >= 4 is 11.9 Å². The van der Waals surface area contributed by atoms with Crippen LogP contribution in [-0.4, -0.2) is 43.1 Å². The van der Waals surface area contributed by atoms with Crippen LogP contribution in [-0.2, 0) is 25.6 Å². The van der Waals surface area contributed by atoms with Gasteiger partial charge in [0.05, 0.1) is 7.11 Å². The van der Waals surface area contributed by atoms with Crippen LogP contribution in [0.3, 0.4) is 0 Å². The number of benzene rings is 1. The predicted molar refractivity (Wildman–Crippen MR) is 82.0 cm³/mol. The predicted octanol–water partition coefficient (Wildman–Crippen LogP) is 2.00. The molecule has 5 heteroatoms. The van der Waals surface area contributed by atoms with Gasteiger partial charge in [-0.05, 0) is 24.8 Å². The van der Waals surface area contributed by atoms with Crippen LogP contribution in [0.4, 0.5) is 0 Å². The third kappa shape index (κ3) is 4.31. The molecule has 2 rings (SSSR count). The van der Waals surface area contributed by atoms with E-state index in [-0.39, 0.29) is 11.8 Å². The van der Waals surface area contributed by atoms with Crippen LogP contribution in [0.5, 0.6) is 0 Å². The van der Waals surface area contributed by atoms with Gasteiger partial charge in [-0.1, -0.05) is 30.3 Å². The van der Waals surface area contributed by atoms with Gasteiger partial charge in [0.15, 0.2) is 0 Å². The minimum Gasteiger partial charge on any atom is -0.467 e. The molecule has 0 aliphatic carbocycles. The van der Waals surface area contributed by atoms with E-state index in [9.17, 15) is 9.59 Å². The Labute approximate surface area is 131 Å². The van der Waals surface area contributed by atoms with Gasteiger partial charge in [0.1, 0.15) is 6.04 Å². The summed E-state index contributed by atoms with van der Waals surface area (Å²) < 4.78 is 10.1. The standard InChI is InChI=1S/C17H23NO4/c1-13(17(20)21-2)18(11-14-6-4-3-5-7-14)16(19)10-15-8-9-22-12-15/h3-7,13,15H,8-12H2,1-2H3. The smallest absolute Gasteiger partial charge is 0.328 e. The first-order chi connectivity index (χ1) is 10.6. The molecule has 1 amide bonds. The van der Waals surface area contributed by atoms with Crippen molar-refractivity contribution < 1.29 is 19.1 Å². The molecule has 0 bridgehead atoms. The molecule has 2 unspecified atom stereocenters. The normalized spacial score (nSPS) is 18.7. The molecule has 1 aliphatic rings. The molecular formula is C17H23NO4. The molecule has 1 fully saturated rings. The maximum Gasteiger partial charge on any atom is 0.328 e. The molecule has 1 saturated heterocycles. The van der Waals surface area contributed by atoms with Crippen molar-refractivity contribution in [1.29, 1.82) is 0 Å². The molecule has 0 aromatic heterocycles. The zero-order valence-corrected chi connectivity index (χ0v) is 13.2. The third-order valence-corrected chi connectivity index (χ3v) is 4.01. The van der Waals surface area contributed by atoms with Crippen LogP contribution in [0.25, 0.3) is 0 Å². The van der Waals surface area contributed by atoms with E-state index in [1.54, 1.807) is 11.8 Å². The quantitative estimate of drug-likeness (QED) is 0.754. The van der Waals surface area contributed by atoms with Crippen molar-refractivity contribution in [3.05, 3.63) is 35.9 Å². The number of hydrogen-bond donors (Lipinski definition) is 0. The van der Waals surface area contributed by atoms with Gasteiger partial charge in [0.25, 0.3) is 0 Å². The molecule has 0 spiro atoms. The van der Waals surface area contributed by atoms with Crippen LogP contribution in [0.1, 0.15) is 25.3 Å². The lowest BCUT2D eigenvalue weighted by Crippen LogP contribution is -2.43. The van der Waals surface area contributed by atoms with E-state index in [0.717, 1.165) is 12.0 Å². The van der Waals surface area contributed by atoms with E-state index in [2.05, 4.69) is 0 Å². The minimum atomic E-state index is -0.597. The summed E-state index contributed by atoms with van der Waals surface area (Å²) in [5.74, 6) is -0.181. The number of amides is 1. The Hall–Kier alpha value is -1.88. The number of hydrogen-bond acceptors (Lipinski definition) is 4. The summed E-state index contributed by atoms with van der Waals surface area (Å²) in [5.41, 5.74) is 0.995. The van der Waals surface area contributed by atoms with Gasteiger partial charge in [-0.25, -0.2) is 4.79 Å². The highest BCUT2D eigenvalue weighted by molar-refractivity contribution is 5.84. The SMILES string of the molecule is COC(=O)C(C)N(Cc1ccccc1)C(=O)CC1CCOC1. The van der Waals surface area contributed by atoms with Gasteiger partial charge in [-0.3, -0.25) is 4.79 Å². The fraction of sp³-hybridized carbons (Fsp3) is 0.529. The Morgan fingerprint density at radius 2 is 2.09 bits per heavy atom. The Bertz CT molecular complexity index is 497. The van der Waals surface area contributed by atoms with Crippen molar-refractivity contribution in [2.24, 2.45) is 5.92 Å². The lowest BCUT2D eigenvalue weighted by atomic mass is 10.0. The van der Waals surface area contributed by atoms with Gasteiger partial charge in [0, 0.05) is 26.2 Å². The summed E-state index contributed by atoms with van der Waals surface area (Å²) in [6, 6.07) is 9.07. The van der Waals surface area contributed by atoms with Gasteiger partial charge < -0.3 is 14.4 Å². The molecule has 1 aromatic rings. The molecule has 0 radical (unpaired) electrons. The Balaban J connectivity index is 2.09. The molecule has 1 heterocycles. The molecule has 0 N–H and O–H groups in total. The Kier molecular flexibility index (Phi) is 5.95. The van der Waals surface area contributed by atoms with Crippen molar-refractivity contribution in [3.63, 3.8) is 0 Å². The van der Waals surface area contributed by atoms with Crippen LogP contribution >= 0.6 is 0 Å². The molecule has 5 nitrogen and oxygen atoms in total. The van der Waals surface area contributed by atoms with Crippen molar-refractivity contribution in [1.82, 2.24) is 4.90 Å². The van der Waals surface area contributed by atoms with E-state index in [0.29, 0.717) is 26.2 Å². The summed E-state index contributed by atoms with van der Waals surface area (Å²) in [7, 11) is 1.34. The van der Waals surface area contributed by atoms with Crippen LogP contribution in [0.15, 0.2) is 30.3 Å². The second kappa shape index (κ2) is 7.94. The molecule has 22 heavy (non-hydrogen) atoms. The van der Waals surface area contributed by atoms with Gasteiger partial charge >= 0.3 is 5.97 Å². The fourth-order valence-corrected chi connectivity index (χ4v) is 2.63. The van der Waals surface area contributed by atoms with Gasteiger partial charge in [-0.2, -0.15) is 0 Å². The van der Waals surface area contributed by atoms with Crippen LogP contribution < -0.4 is 0 Å². The first-order valence-electron chi connectivity index (χ1n) is 7.60.